The van der Waals surface area contributed by atoms with Crippen LogP contribution in [-0.2, 0) is 9.59 Å². The van der Waals surface area contributed by atoms with Crippen molar-refractivity contribution in [3.05, 3.63) is 47.1 Å². The average Bonchev–Trinajstić information content (AvgIpc) is 3.19. The van der Waals surface area contributed by atoms with E-state index < -0.39 is 0 Å². The van der Waals surface area contributed by atoms with Gasteiger partial charge in [0.25, 0.3) is 11.1 Å². The Hall–Kier alpha value is -2.41. The maximum Gasteiger partial charge on any atom is 0.293 e. The summed E-state index contributed by atoms with van der Waals surface area (Å²) in [5, 5.41) is 2.47. The molecule has 25 heavy (non-hydrogen) atoms. The summed E-state index contributed by atoms with van der Waals surface area (Å²) in [6.45, 7) is 0.453. The highest BCUT2D eigenvalue weighted by Gasteiger charge is 2.34. The van der Waals surface area contributed by atoms with Crippen LogP contribution in [0.3, 0.4) is 0 Å². The Bertz CT molecular complexity index is 730. The smallest absolute Gasteiger partial charge is 0.293 e. The second-order valence-electron chi connectivity index (χ2n) is 5.94. The number of nitrogens with zero attached hydrogens (tertiary/aromatic N) is 2. The Morgan fingerprint density at radius 2 is 2.32 bits per heavy atom. The van der Waals surface area contributed by atoms with Gasteiger partial charge in [-0.05, 0) is 48.2 Å². The lowest BCUT2D eigenvalue weighted by atomic mass is 10.1. The predicted octanol–water partition coefficient (Wildman–Crippen LogP) is 2.59. The van der Waals surface area contributed by atoms with Crippen molar-refractivity contribution in [3.8, 4) is 0 Å². The summed E-state index contributed by atoms with van der Waals surface area (Å²) in [6.07, 6.45) is 11.6. The van der Waals surface area contributed by atoms with Crippen LogP contribution in [0.4, 0.5) is 4.79 Å². The monoisotopic (exact) mass is 357 g/mol. The van der Waals surface area contributed by atoms with E-state index in [2.05, 4.69) is 22.5 Å². The lowest BCUT2D eigenvalue weighted by molar-refractivity contribution is -0.124. The van der Waals surface area contributed by atoms with Crippen molar-refractivity contribution in [2.24, 2.45) is 5.92 Å². The van der Waals surface area contributed by atoms with Crippen LogP contribution in [0.15, 0.2) is 41.6 Å². The number of hydrogen-bond acceptors (Lipinski definition) is 5. The van der Waals surface area contributed by atoms with Crippen molar-refractivity contribution in [1.29, 1.82) is 0 Å². The van der Waals surface area contributed by atoms with Gasteiger partial charge in [-0.3, -0.25) is 24.3 Å². The molecular formula is C18H19N3O3S. The van der Waals surface area contributed by atoms with Gasteiger partial charge in [-0.1, -0.05) is 18.2 Å². The fraction of sp³-hybridized carbons (Fsp3) is 0.333. The summed E-state index contributed by atoms with van der Waals surface area (Å²) >= 11 is 0.911. The van der Waals surface area contributed by atoms with E-state index in [1.807, 2.05) is 6.07 Å². The average molecular weight is 357 g/mol. The van der Waals surface area contributed by atoms with Crippen LogP contribution in [0.25, 0.3) is 6.08 Å². The van der Waals surface area contributed by atoms with Crippen molar-refractivity contribution in [3.63, 3.8) is 0 Å². The molecular weight excluding hydrogens is 338 g/mol. The summed E-state index contributed by atoms with van der Waals surface area (Å²) in [5.74, 6) is -0.0686. The number of thioether (sulfide) groups is 1. The van der Waals surface area contributed by atoms with E-state index in [1.165, 1.54) is 4.90 Å². The van der Waals surface area contributed by atoms with Gasteiger partial charge in [0, 0.05) is 31.9 Å². The number of rotatable bonds is 6. The van der Waals surface area contributed by atoms with E-state index in [9.17, 15) is 14.4 Å². The van der Waals surface area contributed by atoms with Crippen LogP contribution in [0.2, 0.25) is 0 Å². The third kappa shape index (κ3) is 4.57. The largest absolute Gasteiger partial charge is 0.354 e. The van der Waals surface area contributed by atoms with Crippen molar-refractivity contribution in [1.82, 2.24) is 15.2 Å². The molecule has 6 nitrogen and oxygen atoms in total. The van der Waals surface area contributed by atoms with E-state index in [0.29, 0.717) is 17.2 Å². The van der Waals surface area contributed by atoms with E-state index in [-0.39, 0.29) is 30.1 Å². The highest BCUT2D eigenvalue weighted by molar-refractivity contribution is 8.18. The normalized spacial score (nSPS) is 21.4. The van der Waals surface area contributed by atoms with Gasteiger partial charge in [0.05, 0.1) is 4.91 Å². The summed E-state index contributed by atoms with van der Waals surface area (Å²) in [5.41, 5.74) is 0.769. The molecule has 3 rings (SSSR count). The lowest BCUT2D eigenvalue weighted by Gasteiger charge is -2.13. The first-order valence-electron chi connectivity index (χ1n) is 8.22. The first-order valence-corrected chi connectivity index (χ1v) is 9.04. The molecule has 7 heteroatoms. The molecule has 0 bridgehead atoms. The Labute approximate surface area is 150 Å². The van der Waals surface area contributed by atoms with Crippen LogP contribution in [0, 0.1) is 5.92 Å². The number of imide groups is 1. The van der Waals surface area contributed by atoms with E-state index >= 15 is 0 Å². The molecule has 1 fully saturated rings. The molecule has 2 aliphatic rings. The molecule has 1 atom stereocenters. The SMILES string of the molecule is O=C(CC1C=CCC1)NCCN1C(=O)S/C(=C/c2cccnc2)C1=O. The van der Waals surface area contributed by atoms with Crippen molar-refractivity contribution in [2.75, 3.05) is 13.1 Å². The van der Waals surface area contributed by atoms with Gasteiger partial charge in [0.2, 0.25) is 5.91 Å². The third-order valence-electron chi connectivity index (χ3n) is 4.07. The minimum absolute atomic E-state index is 0.0468. The Morgan fingerprint density at radius 1 is 1.44 bits per heavy atom. The molecule has 0 radical (unpaired) electrons. The van der Waals surface area contributed by atoms with Gasteiger partial charge in [-0.25, -0.2) is 0 Å². The lowest BCUT2D eigenvalue weighted by Crippen LogP contribution is -2.37. The molecule has 1 aliphatic carbocycles. The number of allylic oxidation sites excluding steroid dienone is 2. The molecule has 3 amide bonds. The molecule has 1 aliphatic heterocycles. The highest BCUT2D eigenvalue weighted by atomic mass is 32.2. The summed E-state index contributed by atoms with van der Waals surface area (Å²) in [6, 6.07) is 3.59. The maximum absolute atomic E-state index is 12.3. The Kier molecular flexibility index (Phi) is 5.65. The van der Waals surface area contributed by atoms with Crippen LogP contribution in [0.1, 0.15) is 24.8 Å². The molecule has 1 aromatic heterocycles. The minimum atomic E-state index is -0.327. The molecule has 0 aromatic carbocycles. The quantitative estimate of drug-likeness (QED) is 0.625. The van der Waals surface area contributed by atoms with Gasteiger partial charge in [-0.15, -0.1) is 0 Å². The van der Waals surface area contributed by atoms with Crippen molar-refractivity contribution in [2.45, 2.75) is 19.3 Å². The predicted molar refractivity (Wildman–Crippen MR) is 96.4 cm³/mol. The number of pyridine rings is 1. The van der Waals surface area contributed by atoms with Crippen LogP contribution >= 0.6 is 11.8 Å². The summed E-state index contributed by atoms with van der Waals surface area (Å²) < 4.78 is 0. The molecule has 1 aromatic rings. The van der Waals surface area contributed by atoms with E-state index in [0.717, 1.165) is 30.2 Å². The number of carbonyl (C=O) groups is 3. The molecule has 1 saturated heterocycles. The third-order valence-corrected chi connectivity index (χ3v) is 4.98. The van der Waals surface area contributed by atoms with Crippen LogP contribution in [0.5, 0.6) is 0 Å². The molecule has 2 heterocycles. The molecule has 0 spiro atoms. The van der Waals surface area contributed by atoms with E-state index in [4.69, 9.17) is 0 Å². The van der Waals surface area contributed by atoms with Crippen LogP contribution in [-0.4, -0.2) is 40.0 Å². The molecule has 1 unspecified atom stereocenters. The second-order valence-corrected chi connectivity index (χ2v) is 6.93. The van der Waals surface area contributed by atoms with Gasteiger partial charge in [-0.2, -0.15) is 0 Å². The zero-order valence-electron chi connectivity index (χ0n) is 13.7. The fourth-order valence-electron chi connectivity index (χ4n) is 2.79. The zero-order valence-corrected chi connectivity index (χ0v) is 14.5. The van der Waals surface area contributed by atoms with Gasteiger partial charge in [0.1, 0.15) is 0 Å². The number of amides is 3. The molecule has 130 valence electrons. The topological polar surface area (TPSA) is 79.4 Å². The summed E-state index contributed by atoms with van der Waals surface area (Å²) in [4.78, 5) is 41.8. The van der Waals surface area contributed by atoms with Crippen molar-refractivity contribution < 1.29 is 14.4 Å². The zero-order chi connectivity index (χ0) is 17.6. The standard InChI is InChI=1S/C18H19N3O3S/c22-16(11-13-4-1-2-5-13)20-8-9-21-17(23)15(25-18(21)24)10-14-6-3-7-19-12-14/h1,3-4,6-7,10,12-13H,2,5,8-9,11H2,(H,20,22)/b15-10+. The highest BCUT2D eigenvalue weighted by Crippen LogP contribution is 2.31. The number of carbonyl (C=O) groups excluding carboxylic acids is 3. The molecule has 1 N–H and O–H groups in total. The Morgan fingerprint density at radius 3 is 3.04 bits per heavy atom. The maximum atomic E-state index is 12.3. The number of nitrogens with one attached hydrogen (secondary N) is 1. The second kappa shape index (κ2) is 8.11. The van der Waals surface area contributed by atoms with E-state index in [1.54, 1.807) is 24.5 Å². The first-order chi connectivity index (χ1) is 12.1. The van der Waals surface area contributed by atoms with Crippen molar-refractivity contribution >= 4 is 34.9 Å². The first kappa shape index (κ1) is 17.4. The van der Waals surface area contributed by atoms with Gasteiger partial charge >= 0.3 is 0 Å². The molecule has 0 saturated carbocycles. The van der Waals surface area contributed by atoms with Gasteiger partial charge < -0.3 is 5.32 Å². The van der Waals surface area contributed by atoms with Crippen LogP contribution < -0.4 is 5.32 Å². The van der Waals surface area contributed by atoms with Gasteiger partial charge in [0.15, 0.2) is 0 Å². The Balaban J connectivity index is 1.50. The number of hydrogen-bond donors (Lipinski definition) is 1. The summed E-state index contributed by atoms with van der Waals surface area (Å²) in [7, 11) is 0. The number of aromatic nitrogens is 1. The fourth-order valence-corrected chi connectivity index (χ4v) is 3.65. The minimum Gasteiger partial charge on any atom is -0.354 e.